The Kier molecular flexibility index (Phi) is 5.29. The van der Waals surface area contributed by atoms with Gasteiger partial charge in [0.15, 0.2) is 17.1 Å². The number of nitrogens with zero attached hydrogens (tertiary/aromatic N) is 1. The largest absolute Gasteiger partial charge is 0.510 e. The lowest BCUT2D eigenvalue weighted by atomic mass is 9.58. The van der Waals surface area contributed by atoms with E-state index in [0.29, 0.717) is 5.56 Å². The van der Waals surface area contributed by atoms with Crippen molar-refractivity contribution in [2.75, 3.05) is 19.4 Å². The lowest BCUT2D eigenvalue weighted by Crippen LogP contribution is -2.63. The number of amides is 2. The molecule has 4 rings (SSSR count). The number of benzene rings is 1. The van der Waals surface area contributed by atoms with Crippen molar-refractivity contribution in [3.63, 3.8) is 0 Å². The van der Waals surface area contributed by atoms with Gasteiger partial charge in [-0.05, 0) is 44.5 Å². The molecule has 7 N–H and O–H groups in total. The molecule has 2 amide bonds. The first-order valence-corrected chi connectivity index (χ1v) is 10.6. The zero-order valence-corrected chi connectivity index (χ0v) is 18.7. The zero-order chi connectivity index (χ0) is 25.3. The van der Waals surface area contributed by atoms with Gasteiger partial charge in [-0.1, -0.05) is 6.07 Å². The highest BCUT2D eigenvalue weighted by Crippen LogP contribution is 2.52. The highest BCUT2D eigenvalue weighted by molar-refractivity contribution is 6.25. The maximum absolute atomic E-state index is 13.5. The first kappa shape index (κ1) is 23.5. The minimum atomic E-state index is -2.69. The Hall–Kier alpha value is -3.70. The van der Waals surface area contributed by atoms with Crippen LogP contribution in [0.4, 0.5) is 5.69 Å². The molecule has 1 aromatic carbocycles. The number of anilines is 1. The summed E-state index contributed by atoms with van der Waals surface area (Å²) in [7, 11) is 3.13. The van der Waals surface area contributed by atoms with E-state index in [4.69, 9.17) is 5.73 Å². The number of Topliss-reactive ketones (excluding diaryl/α,β-unsaturated/α-hetero) is 2. The normalized spacial score (nSPS) is 28.4. The molecule has 11 nitrogen and oxygen atoms in total. The number of aliphatic hydroxyl groups excluding tert-OH is 2. The Labute approximate surface area is 194 Å². The maximum Gasteiger partial charge on any atom is 0.255 e. The third-order valence-electron chi connectivity index (χ3n) is 6.91. The Morgan fingerprint density at radius 3 is 2.38 bits per heavy atom. The van der Waals surface area contributed by atoms with Crippen LogP contribution in [0.3, 0.4) is 0 Å². The van der Waals surface area contributed by atoms with Crippen molar-refractivity contribution in [2.24, 2.45) is 17.6 Å². The fourth-order valence-electron chi connectivity index (χ4n) is 5.52. The molecule has 0 radical (unpaired) electrons. The van der Waals surface area contributed by atoms with E-state index in [1.165, 1.54) is 17.9 Å². The van der Waals surface area contributed by atoms with E-state index >= 15 is 0 Å². The van der Waals surface area contributed by atoms with E-state index in [2.05, 4.69) is 5.32 Å². The van der Waals surface area contributed by atoms with E-state index in [0.717, 1.165) is 0 Å². The lowest BCUT2D eigenvalue weighted by molar-refractivity contribution is -0.148. The maximum atomic E-state index is 13.5. The van der Waals surface area contributed by atoms with Crippen LogP contribution >= 0.6 is 0 Å². The summed E-state index contributed by atoms with van der Waals surface area (Å²) >= 11 is 0. The van der Waals surface area contributed by atoms with Crippen LogP contribution in [0.5, 0.6) is 5.75 Å². The SMILES string of the molecule is CC(=O)Nc1ccc2c(c1O)C(=O)C1=C(O)[C@]3(O)C(=O)C(C(N)=O)=C(O)[C@H](N(C)C)[C@H]3C[C@@H]1C2. The van der Waals surface area contributed by atoms with Crippen LogP contribution in [0.15, 0.2) is 34.8 Å². The molecule has 3 aliphatic carbocycles. The van der Waals surface area contributed by atoms with Gasteiger partial charge in [-0.15, -0.1) is 0 Å². The van der Waals surface area contributed by atoms with E-state index in [1.807, 2.05) is 0 Å². The fraction of sp³-hybridized carbons (Fsp3) is 0.391. The monoisotopic (exact) mass is 471 g/mol. The number of likely N-dealkylation sites (N-methyl/N-ethyl adjacent to an activating group) is 1. The fourth-order valence-corrected chi connectivity index (χ4v) is 5.52. The number of ketones is 2. The number of allylic oxidation sites excluding steroid dienone is 1. The molecule has 0 aliphatic heterocycles. The molecule has 0 saturated heterocycles. The lowest BCUT2D eigenvalue weighted by Gasteiger charge is -2.50. The topological polar surface area (TPSA) is 190 Å². The number of primary amides is 1. The molecule has 0 heterocycles. The minimum absolute atomic E-state index is 0.00387. The molecule has 0 unspecified atom stereocenters. The summed E-state index contributed by atoms with van der Waals surface area (Å²) < 4.78 is 0. The number of carbonyl (C=O) groups excluding carboxylic acids is 4. The summed E-state index contributed by atoms with van der Waals surface area (Å²) in [5.41, 5.74) is 1.80. The highest BCUT2D eigenvalue weighted by Gasteiger charge is 2.63. The second kappa shape index (κ2) is 7.67. The number of hydrogen-bond acceptors (Lipinski definition) is 9. The molecule has 34 heavy (non-hydrogen) atoms. The summed E-state index contributed by atoms with van der Waals surface area (Å²) in [6.07, 6.45) is 0.197. The Morgan fingerprint density at radius 1 is 1.18 bits per heavy atom. The van der Waals surface area contributed by atoms with Crippen molar-refractivity contribution in [1.82, 2.24) is 4.90 Å². The third kappa shape index (κ3) is 3.04. The second-order valence-electron chi connectivity index (χ2n) is 9.14. The number of carbonyl (C=O) groups is 4. The smallest absolute Gasteiger partial charge is 0.255 e. The van der Waals surface area contributed by atoms with Crippen LogP contribution in [0, 0.1) is 11.8 Å². The molecule has 180 valence electrons. The number of hydrogen-bond donors (Lipinski definition) is 6. The Bertz CT molecular complexity index is 1230. The van der Waals surface area contributed by atoms with E-state index in [-0.39, 0.29) is 29.7 Å². The summed E-state index contributed by atoms with van der Waals surface area (Å²) in [5, 5.41) is 46.5. The van der Waals surface area contributed by atoms with Crippen LogP contribution in [0.1, 0.15) is 29.3 Å². The number of aliphatic hydroxyl groups is 3. The minimum Gasteiger partial charge on any atom is -0.510 e. The van der Waals surface area contributed by atoms with E-state index in [1.54, 1.807) is 20.2 Å². The van der Waals surface area contributed by atoms with Crippen LogP contribution in [0.25, 0.3) is 0 Å². The molecular weight excluding hydrogens is 446 g/mol. The highest BCUT2D eigenvalue weighted by atomic mass is 16.3. The Morgan fingerprint density at radius 2 is 1.82 bits per heavy atom. The summed E-state index contributed by atoms with van der Waals surface area (Å²) in [6.45, 7) is 1.23. The summed E-state index contributed by atoms with van der Waals surface area (Å²) in [4.78, 5) is 51.5. The average Bonchev–Trinajstić information content (AvgIpc) is 2.72. The van der Waals surface area contributed by atoms with Gasteiger partial charge in [-0.3, -0.25) is 24.1 Å². The van der Waals surface area contributed by atoms with Crippen LogP contribution < -0.4 is 11.1 Å². The van der Waals surface area contributed by atoms with Crippen LogP contribution in [-0.2, 0) is 20.8 Å². The molecule has 11 heteroatoms. The molecule has 1 aromatic rings. The Balaban J connectivity index is 1.93. The van der Waals surface area contributed by atoms with Gasteiger partial charge in [-0.2, -0.15) is 0 Å². The molecule has 4 atom stereocenters. The number of fused-ring (bicyclic) bond motifs is 3. The van der Waals surface area contributed by atoms with E-state index < -0.39 is 69.7 Å². The first-order chi connectivity index (χ1) is 15.8. The predicted octanol–water partition coefficient (Wildman–Crippen LogP) is 0.0790. The van der Waals surface area contributed by atoms with E-state index in [9.17, 15) is 39.6 Å². The number of nitrogens with one attached hydrogen (secondary N) is 1. The molecule has 0 saturated carbocycles. The van der Waals surface area contributed by atoms with Crippen LogP contribution in [-0.4, -0.2) is 74.4 Å². The van der Waals surface area contributed by atoms with Crippen molar-refractivity contribution >= 4 is 29.1 Å². The number of aromatic hydroxyl groups is 1. The van der Waals surface area contributed by atoms with Gasteiger partial charge in [0.05, 0.1) is 17.3 Å². The molecule has 3 aliphatic rings. The summed E-state index contributed by atoms with van der Waals surface area (Å²) in [5.74, 6) is -7.62. The number of phenolic OH excluding ortho intramolecular Hbond substituents is 1. The van der Waals surface area contributed by atoms with Crippen molar-refractivity contribution in [3.05, 3.63) is 45.9 Å². The van der Waals surface area contributed by atoms with Crippen molar-refractivity contribution in [1.29, 1.82) is 0 Å². The summed E-state index contributed by atoms with van der Waals surface area (Å²) in [6, 6.07) is 1.99. The number of rotatable bonds is 3. The van der Waals surface area contributed by atoms with Gasteiger partial charge in [0.1, 0.15) is 17.1 Å². The van der Waals surface area contributed by atoms with Gasteiger partial charge in [0.25, 0.3) is 5.91 Å². The predicted molar refractivity (Wildman–Crippen MR) is 118 cm³/mol. The molecular formula is C23H25N3O8. The first-order valence-electron chi connectivity index (χ1n) is 10.6. The average molecular weight is 471 g/mol. The van der Waals surface area contributed by atoms with Gasteiger partial charge in [-0.25, -0.2) is 0 Å². The molecule has 0 aromatic heterocycles. The number of phenols is 1. The zero-order valence-electron chi connectivity index (χ0n) is 18.7. The van der Waals surface area contributed by atoms with Crippen molar-refractivity contribution in [2.45, 2.75) is 31.4 Å². The van der Waals surface area contributed by atoms with Gasteiger partial charge in [0, 0.05) is 18.4 Å². The van der Waals surface area contributed by atoms with Crippen LogP contribution in [0.2, 0.25) is 0 Å². The van der Waals surface area contributed by atoms with Crippen molar-refractivity contribution in [3.8, 4) is 5.75 Å². The molecule has 0 bridgehead atoms. The second-order valence-corrected chi connectivity index (χ2v) is 9.14. The van der Waals surface area contributed by atoms with Gasteiger partial charge >= 0.3 is 0 Å². The van der Waals surface area contributed by atoms with Gasteiger partial charge in [0.2, 0.25) is 11.7 Å². The molecule has 0 fully saturated rings. The van der Waals surface area contributed by atoms with Gasteiger partial charge < -0.3 is 31.5 Å². The van der Waals surface area contributed by atoms with Crippen molar-refractivity contribution < 1.29 is 39.6 Å². The standard InChI is InChI=1S/C23H25N3O8/c1-8(27)25-12-5-4-9-6-10-7-11-16(26(2)3)19(30)15(22(24)33)21(32)23(11,34)20(31)14(10)18(29)13(9)17(12)28/h4-5,10-11,16,28,30-31,34H,6-7H2,1-3H3,(H2,24,33)(H,25,27)/t10-,11+,16+,23-/m0/s1. The number of nitrogens with two attached hydrogens (primary N) is 1. The third-order valence-corrected chi connectivity index (χ3v) is 6.91. The molecule has 0 spiro atoms. The quantitative estimate of drug-likeness (QED) is 0.262.